The molecule has 2 heterocycles. The Morgan fingerprint density at radius 1 is 1.12 bits per heavy atom. The van der Waals surface area contributed by atoms with E-state index in [0.29, 0.717) is 11.3 Å². The molecule has 1 aliphatic rings. The number of amides is 1. The molecule has 1 aromatic heterocycles. The average molecular weight is 444 g/mol. The van der Waals surface area contributed by atoms with Crippen molar-refractivity contribution in [1.82, 2.24) is 9.88 Å². The van der Waals surface area contributed by atoms with Crippen molar-refractivity contribution in [2.75, 3.05) is 6.61 Å². The quantitative estimate of drug-likeness (QED) is 0.253. The van der Waals surface area contributed by atoms with E-state index in [-0.39, 0.29) is 30.0 Å². The number of aliphatic hydroxyl groups excluding tert-OH is 1. The van der Waals surface area contributed by atoms with Gasteiger partial charge in [0.15, 0.2) is 0 Å². The van der Waals surface area contributed by atoms with Crippen molar-refractivity contribution in [2.45, 2.75) is 12.6 Å². The van der Waals surface area contributed by atoms with E-state index in [1.807, 2.05) is 0 Å². The summed E-state index contributed by atoms with van der Waals surface area (Å²) in [6, 6.07) is 14.7. The Morgan fingerprint density at radius 2 is 1.85 bits per heavy atom. The molecule has 33 heavy (non-hydrogen) atoms. The van der Waals surface area contributed by atoms with Gasteiger partial charge in [0.1, 0.15) is 23.9 Å². The van der Waals surface area contributed by atoms with E-state index in [1.54, 1.807) is 54.9 Å². The van der Waals surface area contributed by atoms with Crippen LogP contribution in [0.4, 0.5) is 4.39 Å². The zero-order chi connectivity index (χ0) is 23.4. The normalized spacial score (nSPS) is 17.2. The third kappa shape index (κ3) is 4.52. The number of nitrogens with zero attached hydrogens (tertiary/aromatic N) is 2. The van der Waals surface area contributed by atoms with E-state index in [9.17, 15) is 19.1 Å². The summed E-state index contributed by atoms with van der Waals surface area (Å²) in [7, 11) is 0. The van der Waals surface area contributed by atoms with Crippen molar-refractivity contribution in [3.8, 4) is 5.75 Å². The van der Waals surface area contributed by atoms with Gasteiger partial charge in [0.05, 0.1) is 11.6 Å². The van der Waals surface area contributed by atoms with Crippen LogP contribution in [0.3, 0.4) is 0 Å². The number of aliphatic hydroxyl groups is 1. The van der Waals surface area contributed by atoms with Crippen LogP contribution in [0.2, 0.25) is 0 Å². The summed E-state index contributed by atoms with van der Waals surface area (Å²) in [4.78, 5) is 31.5. The number of benzene rings is 2. The maximum atomic E-state index is 13.4. The minimum absolute atomic E-state index is 0.0680. The van der Waals surface area contributed by atoms with E-state index in [0.717, 1.165) is 5.56 Å². The predicted octanol–water partition coefficient (Wildman–Crippen LogP) is 4.41. The van der Waals surface area contributed by atoms with E-state index < -0.39 is 23.5 Å². The van der Waals surface area contributed by atoms with E-state index in [1.165, 1.54) is 29.2 Å². The van der Waals surface area contributed by atoms with Gasteiger partial charge in [-0.05, 0) is 59.7 Å². The van der Waals surface area contributed by atoms with Crippen LogP contribution in [-0.2, 0) is 16.1 Å². The molecule has 0 saturated carbocycles. The Hall–Kier alpha value is -4.26. The van der Waals surface area contributed by atoms with Crippen LogP contribution in [0, 0.1) is 5.82 Å². The number of pyridine rings is 1. The van der Waals surface area contributed by atoms with Crippen molar-refractivity contribution in [2.24, 2.45) is 0 Å². The van der Waals surface area contributed by atoms with Crippen LogP contribution in [0.15, 0.2) is 91.3 Å². The number of ether oxygens (including phenoxy) is 1. The first-order valence-electron chi connectivity index (χ1n) is 10.3. The second-order valence-electron chi connectivity index (χ2n) is 7.46. The molecular formula is C26H21FN2O4. The average Bonchev–Trinajstić information content (AvgIpc) is 3.08. The van der Waals surface area contributed by atoms with Crippen molar-refractivity contribution in [1.29, 1.82) is 0 Å². The van der Waals surface area contributed by atoms with Crippen molar-refractivity contribution in [3.63, 3.8) is 0 Å². The predicted molar refractivity (Wildman–Crippen MR) is 121 cm³/mol. The third-order valence-electron chi connectivity index (χ3n) is 5.30. The molecule has 1 saturated heterocycles. The lowest BCUT2D eigenvalue weighted by Gasteiger charge is -2.25. The molecule has 4 rings (SSSR count). The minimum Gasteiger partial charge on any atom is -0.507 e. The summed E-state index contributed by atoms with van der Waals surface area (Å²) >= 11 is 0. The highest BCUT2D eigenvalue weighted by Gasteiger charge is 2.46. The molecule has 3 aromatic rings. The smallest absolute Gasteiger partial charge is 0.295 e. The lowest BCUT2D eigenvalue weighted by atomic mass is 9.95. The van der Waals surface area contributed by atoms with Gasteiger partial charge in [-0.1, -0.05) is 24.8 Å². The number of carbonyl (C=O) groups is 2. The first-order valence-corrected chi connectivity index (χ1v) is 10.3. The number of halogens is 1. The number of hydrogen-bond acceptors (Lipinski definition) is 5. The lowest BCUT2D eigenvalue weighted by molar-refractivity contribution is -0.140. The van der Waals surface area contributed by atoms with Crippen LogP contribution in [-0.4, -0.2) is 33.3 Å². The van der Waals surface area contributed by atoms with Crippen LogP contribution in [0.25, 0.3) is 5.76 Å². The zero-order valence-corrected chi connectivity index (χ0v) is 17.6. The zero-order valence-electron chi connectivity index (χ0n) is 17.6. The minimum atomic E-state index is -0.865. The highest BCUT2D eigenvalue weighted by molar-refractivity contribution is 6.46. The fourth-order valence-corrected chi connectivity index (χ4v) is 3.77. The second kappa shape index (κ2) is 9.48. The van der Waals surface area contributed by atoms with Gasteiger partial charge in [-0.15, -0.1) is 0 Å². The summed E-state index contributed by atoms with van der Waals surface area (Å²) in [6.45, 7) is 4.06. The Labute approximate surface area is 190 Å². The molecule has 166 valence electrons. The highest BCUT2D eigenvalue weighted by Crippen LogP contribution is 2.41. The summed E-state index contributed by atoms with van der Waals surface area (Å²) in [5.74, 6) is -1.86. The molecule has 6 nitrogen and oxygen atoms in total. The van der Waals surface area contributed by atoms with Crippen LogP contribution in [0.1, 0.15) is 22.7 Å². The Balaban J connectivity index is 1.84. The van der Waals surface area contributed by atoms with Gasteiger partial charge < -0.3 is 14.7 Å². The van der Waals surface area contributed by atoms with Crippen LogP contribution >= 0.6 is 0 Å². The molecule has 0 aliphatic carbocycles. The van der Waals surface area contributed by atoms with Gasteiger partial charge in [0.2, 0.25) is 0 Å². The number of ketones is 1. The first-order chi connectivity index (χ1) is 16.0. The first kappa shape index (κ1) is 22.0. The second-order valence-corrected chi connectivity index (χ2v) is 7.46. The van der Waals surface area contributed by atoms with E-state index >= 15 is 0 Å². The fraction of sp³-hybridized carbons (Fsp3) is 0.115. The molecule has 0 spiro atoms. The molecule has 1 fully saturated rings. The van der Waals surface area contributed by atoms with Gasteiger partial charge >= 0.3 is 0 Å². The van der Waals surface area contributed by atoms with Crippen molar-refractivity contribution >= 4 is 17.4 Å². The van der Waals surface area contributed by atoms with Gasteiger partial charge in [-0.3, -0.25) is 14.6 Å². The van der Waals surface area contributed by atoms with Crippen molar-refractivity contribution in [3.05, 3.63) is 114 Å². The number of carbonyl (C=O) groups excluding carboxylic acids is 2. The van der Waals surface area contributed by atoms with Gasteiger partial charge in [-0.25, -0.2) is 4.39 Å². The van der Waals surface area contributed by atoms with Gasteiger partial charge in [0, 0.05) is 24.5 Å². The van der Waals surface area contributed by atoms with Crippen molar-refractivity contribution < 1.29 is 23.8 Å². The summed E-state index contributed by atoms with van der Waals surface area (Å²) in [5.41, 5.74) is 1.54. The number of Topliss-reactive ketones (excluding diaryl/α,β-unsaturated/α-hetero) is 1. The summed E-state index contributed by atoms with van der Waals surface area (Å²) in [6.07, 6.45) is 4.81. The maximum Gasteiger partial charge on any atom is 0.295 e. The third-order valence-corrected chi connectivity index (χ3v) is 5.30. The standard InChI is InChI=1S/C26H21FN2O4/c1-2-14-33-21-5-3-4-19(15-21)23-22(24(30)18-6-8-20(27)9-7-18)25(31)26(32)29(23)16-17-10-12-28-13-11-17/h2-13,15,23,30H,1,14,16H2/b24-22+. The molecule has 1 atom stereocenters. The van der Waals surface area contributed by atoms with E-state index in [4.69, 9.17) is 4.74 Å². The molecular weight excluding hydrogens is 423 g/mol. The largest absolute Gasteiger partial charge is 0.507 e. The Bertz CT molecular complexity index is 1220. The maximum absolute atomic E-state index is 13.4. The molecule has 1 N–H and O–H groups in total. The number of aromatic nitrogens is 1. The molecule has 1 unspecified atom stereocenters. The topological polar surface area (TPSA) is 79.7 Å². The molecule has 1 amide bonds. The molecule has 7 heteroatoms. The van der Waals surface area contributed by atoms with Crippen LogP contribution < -0.4 is 4.74 Å². The van der Waals surface area contributed by atoms with Gasteiger partial charge in [0.25, 0.3) is 11.7 Å². The molecule has 0 radical (unpaired) electrons. The van der Waals surface area contributed by atoms with Crippen LogP contribution in [0.5, 0.6) is 5.75 Å². The number of rotatable bonds is 7. The molecule has 0 bridgehead atoms. The molecule has 2 aromatic carbocycles. The van der Waals surface area contributed by atoms with Gasteiger partial charge in [-0.2, -0.15) is 0 Å². The Morgan fingerprint density at radius 3 is 2.55 bits per heavy atom. The number of hydrogen-bond donors (Lipinski definition) is 1. The highest BCUT2D eigenvalue weighted by atomic mass is 19.1. The summed E-state index contributed by atoms with van der Waals surface area (Å²) < 4.78 is 19.0. The number of likely N-dealkylation sites (tertiary alicyclic amines) is 1. The molecule has 1 aliphatic heterocycles. The van der Waals surface area contributed by atoms with E-state index in [2.05, 4.69) is 11.6 Å². The lowest BCUT2D eigenvalue weighted by Crippen LogP contribution is -2.29. The summed E-state index contributed by atoms with van der Waals surface area (Å²) in [5, 5.41) is 11.0. The fourth-order valence-electron chi connectivity index (χ4n) is 3.77. The monoisotopic (exact) mass is 444 g/mol. The SMILES string of the molecule is C=CCOc1cccc(C2/C(=C(\O)c3ccc(F)cc3)C(=O)C(=O)N2Cc2ccncc2)c1. The Kier molecular flexibility index (Phi) is 6.31.